The summed E-state index contributed by atoms with van der Waals surface area (Å²) in [6.07, 6.45) is 0.760. The number of benzene rings is 1. The first-order chi connectivity index (χ1) is 8.45. The number of aryl methyl sites for hydroxylation is 3. The zero-order chi connectivity index (χ0) is 13.4. The lowest BCUT2D eigenvalue weighted by molar-refractivity contribution is -0.385. The number of aromatic nitrogens is 1. The molecule has 2 N–H and O–H groups in total. The van der Waals surface area contributed by atoms with E-state index in [1.54, 1.807) is 13.0 Å². The standard InChI is InChI=1S/C13H15N3O2/c1-4-9-6-10-8(3)11(16(17)18)5-7(2)12(10)15-13(9)14/h5-6H,4H2,1-3H3,(H2,14,15). The Labute approximate surface area is 105 Å². The minimum absolute atomic E-state index is 0.133. The van der Waals surface area contributed by atoms with Crippen molar-refractivity contribution in [2.45, 2.75) is 27.2 Å². The molecule has 0 aliphatic rings. The summed E-state index contributed by atoms with van der Waals surface area (Å²) in [5.41, 5.74) is 9.08. The van der Waals surface area contributed by atoms with Crippen LogP contribution in [-0.4, -0.2) is 9.91 Å². The summed E-state index contributed by atoms with van der Waals surface area (Å²) in [6, 6.07) is 3.46. The fourth-order valence-electron chi connectivity index (χ4n) is 2.15. The Hall–Kier alpha value is -2.17. The number of hydrogen-bond donors (Lipinski definition) is 1. The molecular weight excluding hydrogens is 230 g/mol. The van der Waals surface area contributed by atoms with Crippen LogP contribution in [0.4, 0.5) is 11.5 Å². The van der Waals surface area contributed by atoms with Gasteiger partial charge in [0.2, 0.25) is 0 Å². The second-order valence-corrected chi connectivity index (χ2v) is 4.38. The van der Waals surface area contributed by atoms with E-state index in [0.29, 0.717) is 11.4 Å². The Bertz CT molecular complexity index is 650. The molecule has 0 bridgehead atoms. The number of rotatable bonds is 2. The average Bonchev–Trinajstić information content (AvgIpc) is 2.33. The van der Waals surface area contributed by atoms with Crippen molar-refractivity contribution in [2.24, 2.45) is 0 Å². The Morgan fingerprint density at radius 3 is 2.61 bits per heavy atom. The maximum Gasteiger partial charge on any atom is 0.273 e. The third-order valence-electron chi connectivity index (χ3n) is 3.23. The third kappa shape index (κ3) is 1.77. The van der Waals surface area contributed by atoms with Crippen molar-refractivity contribution in [3.05, 3.63) is 38.9 Å². The van der Waals surface area contributed by atoms with Gasteiger partial charge in [0, 0.05) is 17.0 Å². The predicted octanol–water partition coefficient (Wildman–Crippen LogP) is 2.90. The molecule has 5 heteroatoms. The molecule has 94 valence electrons. The van der Waals surface area contributed by atoms with Gasteiger partial charge in [-0.3, -0.25) is 10.1 Å². The van der Waals surface area contributed by atoms with E-state index in [4.69, 9.17) is 5.73 Å². The number of pyridine rings is 1. The second-order valence-electron chi connectivity index (χ2n) is 4.38. The number of nitro groups is 1. The highest BCUT2D eigenvalue weighted by Gasteiger charge is 2.17. The van der Waals surface area contributed by atoms with E-state index in [2.05, 4.69) is 4.98 Å². The van der Waals surface area contributed by atoms with Gasteiger partial charge in [0.05, 0.1) is 10.4 Å². The van der Waals surface area contributed by atoms with Crippen molar-refractivity contribution in [1.82, 2.24) is 4.98 Å². The van der Waals surface area contributed by atoms with E-state index in [-0.39, 0.29) is 10.6 Å². The van der Waals surface area contributed by atoms with Crippen molar-refractivity contribution in [1.29, 1.82) is 0 Å². The highest BCUT2D eigenvalue weighted by molar-refractivity contribution is 5.90. The number of nitrogen functional groups attached to an aromatic ring is 1. The molecular formula is C13H15N3O2. The Kier molecular flexibility index (Phi) is 2.90. The van der Waals surface area contributed by atoms with Crippen LogP contribution in [0.15, 0.2) is 12.1 Å². The summed E-state index contributed by atoms with van der Waals surface area (Å²) in [4.78, 5) is 15.0. The zero-order valence-electron chi connectivity index (χ0n) is 10.7. The summed E-state index contributed by atoms with van der Waals surface area (Å²) in [7, 11) is 0. The molecule has 0 saturated heterocycles. The van der Waals surface area contributed by atoms with E-state index in [0.717, 1.165) is 28.5 Å². The molecule has 1 aromatic heterocycles. The van der Waals surface area contributed by atoms with Crippen LogP contribution in [0.25, 0.3) is 10.9 Å². The maximum atomic E-state index is 11.0. The molecule has 0 fully saturated rings. The first kappa shape index (κ1) is 12.3. The van der Waals surface area contributed by atoms with Gasteiger partial charge in [0.15, 0.2) is 0 Å². The molecule has 1 aromatic carbocycles. The van der Waals surface area contributed by atoms with Crippen LogP contribution in [0.5, 0.6) is 0 Å². The lowest BCUT2D eigenvalue weighted by atomic mass is 10.0. The molecule has 0 aliphatic heterocycles. The molecule has 0 spiro atoms. The Morgan fingerprint density at radius 2 is 2.06 bits per heavy atom. The van der Waals surface area contributed by atoms with Crippen LogP contribution in [-0.2, 0) is 6.42 Å². The van der Waals surface area contributed by atoms with Gasteiger partial charge in [-0.15, -0.1) is 0 Å². The van der Waals surface area contributed by atoms with Crippen LogP contribution < -0.4 is 5.73 Å². The summed E-state index contributed by atoms with van der Waals surface area (Å²) in [5.74, 6) is 0.501. The molecule has 2 rings (SSSR count). The molecule has 2 aromatic rings. The molecule has 0 atom stereocenters. The molecule has 5 nitrogen and oxygen atoms in total. The Balaban J connectivity index is 2.90. The largest absolute Gasteiger partial charge is 0.383 e. The van der Waals surface area contributed by atoms with Gasteiger partial charge in [0.1, 0.15) is 5.82 Å². The number of anilines is 1. The minimum atomic E-state index is -0.357. The first-order valence-corrected chi connectivity index (χ1v) is 5.79. The van der Waals surface area contributed by atoms with E-state index >= 15 is 0 Å². The van der Waals surface area contributed by atoms with Gasteiger partial charge in [-0.1, -0.05) is 6.92 Å². The van der Waals surface area contributed by atoms with Crippen molar-refractivity contribution in [3.63, 3.8) is 0 Å². The van der Waals surface area contributed by atoms with Gasteiger partial charge in [0.25, 0.3) is 5.69 Å². The quantitative estimate of drug-likeness (QED) is 0.651. The van der Waals surface area contributed by atoms with Crippen molar-refractivity contribution >= 4 is 22.4 Å². The number of nitro benzene ring substituents is 1. The van der Waals surface area contributed by atoms with Crippen LogP contribution >= 0.6 is 0 Å². The van der Waals surface area contributed by atoms with E-state index in [1.807, 2.05) is 19.9 Å². The number of nitrogens with two attached hydrogens (primary N) is 1. The van der Waals surface area contributed by atoms with Gasteiger partial charge in [-0.05, 0) is 37.5 Å². The summed E-state index contributed by atoms with van der Waals surface area (Å²) in [5, 5.41) is 11.8. The van der Waals surface area contributed by atoms with Crippen molar-refractivity contribution in [3.8, 4) is 0 Å². The molecule has 0 amide bonds. The van der Waals surface area contributed by atoms with Crippen LogP contribution in [0.3, 0.4) is 0 Å². The van der Waals surface area contributed by atoms with Gasteiger partial charge < -0.3 is 5.73 Å². The molecule has 1 heterocycles. The molecule has 0 aliphatic carbocycles. The highest BCUT2D eigenvalue weighted by Crippen LogP contribution is 2.31. The SMILES string of the molecule is CCc1cc2c(C)c([N+](=O)[O-])cc(C)c2nc1N. The first-order valence-electron chi connectivity index (χ1n) is 5.79. The monoisotopic (exact) mass is 245 g/mol. The van der Waals surface area contributed by atoms with Gasteiger partial charge >= 0.3 is 0 Å². The number of fused-ring (bicyclic) bond motifs is 1. The lowest BCUT2D eigenvalue weighted by Crippen LogP contribution is -2.01. The maximum absolute atomic E-state index is 11.0. The summed E-state index contributed by atoms with van der Waals surface area (Å²) in [6.45, 7) is 5.54. The number of hydrogen-bond acceptors (Lipinski definition) is 4. The van der Waals surface area contributed by atoms with Crippen molar-refractivity contribution < 1.29 is 4.92 Å². The topological polar surface area (TPSA) is 82.0 Å². The molecule has 0 saturated carbocycles. The smallest absolute Gasteiger partial charge is 0.273 e. The van der Waals surface area contributed by atoms with Gasteiger partial charge in [-0.2, -0.15) is 0 Å². The highest BCUT2D eigenvalue weighted by atomic mass is 16.6. The van der Waals surface area contributed by atoms with E-state index in [1.165, 1.54) is 0 Å². The summed E-state index contributed by atoms with van der Waals surface area (Å²) < 4.78 is 0. The minimum Gasteiger partial charge on any atom is -0.383 e. The molecule has 0 radical (unpaired) electrons. The average molecular weight is 245 g/mol. The fraction of sp³-hybridized carbons (Fsp3) is 0.308. The number of nitrogens with zero attached hydrogens (tertiary/aromatic N) is 2. The zero-order valence-corrected chi connectivity index (χ0v) is 10.7. The van der Waals surface area contributed by atoms with Gasteiger partial charge in [-0.25, -0.2) is 4.98 Å². The van der Waals surface area contributed by atoms with E-state index in [9.17, 15) is 10.1 Å². The van der Waals surface area contributed by atoms with Crippen molar-refractivity contribution in [2.75, 3.05) is 5.73 Å². The fourth-order valence-corrected chi connectivity index (χ4v) is 2.15. The lowest BCUT2D eigenvalue weighted by Gasteiger charge is -2.10. The van der Waals surface area contributed by atoms with Crippen LogP contribution in [0.1, 0.15) is 23.6 Å². The third-order valence-corrected chi connectivity index (χ3v) is 3.23. The van der Waals surface area contributed by atoms with Crippen LogP contribution in [0, 0.1) is 24.0 Å². The molecule has 0 unspecified atom stereocenters. The second kappa shape index (κ2) is 4.25. The predicted molar refractivity (Wildman–Crippen MR) is 71.7 cm³/mol. The summed E-state index contributed by atoms with van der Waals surface area (Å²) >= 11 is 0. The normalized spacial score (nSPS) is 10.8. The molecule has 18 heavy (non-hydrogen) atoms. The van der Waals surface area contributed by atoms with E-state index < -0.39 is 0 Å². The Morgan fingerprint density at radius 1 is 1.39 bits per heavy atom. The van der Waals surface area contributed by atoms with Crippen LogP contribution in [0.2, 0.25) is 0 Å².